The second kappa shape index (κ2) is 5.57. The molecule has 1 aromatic carbocycles. The van der Waals surface area contributed by atoms with Crippen LogP contribution in [0.5, 0.6) is 0 Å². The molecular weight excluding hydrogens is 414 g/mol. The summed E-state index contributed by atoms with van der Waals surface area (Å²) in [5, 5.41) is -0.247. The first-order valence-electron chi connectivity index (χ1n) is 4.53. The lowest BCUT2D eigenvalue weighted by Crippen LogP contribution is -1.91. The van der Waals surface area contributed by atoms with Crippen LogP contribution in [0.1, 0.15) is 15.8 Å². The Balaban J connectivity index is 2.36. The molecule has 6 heteroatoms. The number of benzene rings is 1. The third-order valence-electron chi connectivity index (χ3n) is 2.15. The van der Waals surface area contributed by atoms with Crippen LogP contribution >= 0.6 is 66.4 Å². The number of thiophene rings is 1. The number of hydrogen-bond donors (Lipinski definition) is 0. The van der Waals surface area contributed by atoms with Gasteiger partial charge in [-0.2, -0.15) is 0 Å². The van der Waals surface area contributed by atoms with Gasteiger partial charge in [-0.1, -0.05) is 17.7 Å². The zero-order chi connectivity index (χ0) is 12.6. The summed E-state index contributed by atoms with van der Waals surface area (Å²) in [6, 6.07) is 6.45. The minimum Gasteiger partial charge on any atom is -0.205 e. The van der Waals surface area contributed by atoms with E-state index in [0.29, 0.717) is 0 Å². The minimum atomic E-state index is -0.437. The molecule has 1 aromatic heterocycles. The van der Waals surface area contributed by atoms with E-state index < -0.39 is 5.82 Å². The number of rotatable bonds is 2. The molecule has 1 atom stereocenters. The fourth-order valence-electron chi connectivity index (χ4n) is 1.32. The lowest BCUT2D eigenvalue weighted by Gasteiger charge is -2.08. The maximum absolute atomic E-state index is 13.0. The van der Waals surface area contributed by atoms with Crippen molar-refractivity contribution in [3.05, 3.63) is 53.8 Å². The zero-order valence-electron chi connectivity index (χ0n) is 8.18. The van der Waals surface area contributed by atoms with Crippen molar-refractivity contribution in [1.82, 2.24) is 0 Å². The van der Waals surface area contributed by atoms with Crippen molar-refractivity contribution in [3.63, 3.8) is 0 Å². The van der Waals surface area contributed by atoms with Crippen molar-refractivity contribution < 1.29 is 4.39 Å². The van der Waals surface area contributed by atoms with E-state index in [2.05, 4.69) is 31.9 Å². The van der Waals surface area contributed by atoms with Crippen LogP contribution in [0.2, 0.25) is 5.02 Å². The molecule has 2 aromatic rings. The van der Waals surface area contributed by atoms with Crippen LogP contribution in [-0.2, 0) is 0 Å². The molecule has 1 unspecified atom stereocenters. The summed E-state index contributed by atoms with van der Waals surface area (Å²) >= 11 is 20.4. The van der Waals surface area contributed by atoms with Crippen molar-refractivity contribution in [2.45, 2.75) is 5.38 Å². The number of hydrogen-bond acceptors (Lipinski definition) is 1. The summed E-state index contributed by atoms with van der Waals surface area (Å²) in [4.78, 5) is 0.966. The molecule has 0 saturated carbocycles. The van der Waals surface area contributed by atoms with Crippen molar-refractivity contribution in [3.8, 4) is 0 Å². The lowest BCUT2D eigenvalue weighted by atomic mass is 10.1. The van der Waals surface area contributed by atoms with Gasteiger partial charge in [-0.15, -0.1) is 22.9 Å². The molecule has 0 aliphatic heterocycles. The summed E-state index contributed by atoms with van der Waals surface area (Å²) < 4.78 is 15.0. The fraction of sp³-hybridized carbons (Fsp3) is 0.0909. The summed E-state index contributed by atoms with van der Waals surface area (Å²) in [5.41, 5.74) is 0.777. The van der Waals surface area contributed by atoms with E-state index in [1.807, 2.05) is 6.07 Å². The van der Waals surface area contributed by atoms with Gasteiger partial charge >= 0.3 is 0 Å². The predicted octanol–water partition coefficient (Wildman–Crippen LogP) is 6.39. The summed E-state index contributed by atoms with van der Waals surface area (Å²) in [5.74, 6) is -0.437. The highest BCUT2D eigenvalue weighted by Gasteiger charge is 2.16. The molecule has 0 aliphatic carbocycles. The molecule has 0 N–H and O–H groups in total. The highest BCUT2D eigenvalue weighted by atomic mass is 79.9. The smallest absolute Gasteiger partial charge is 0.141 e. The average molecular weight is 419 g/mol. The number of halogens is 5. The molecule has 2 rings (SSSR count). The predicted molar refractivity (Wildman–Crippen MR) is 78.8 cm³/mol. The molecule has 0 fully saturated rings. The Morgan fingerprint density at radius 3 is 2.47 bits per heavy atom. The molecule has 0 amide bonds. The molecule has 90 valence electrons. The van der Waals surface area contributed by atoms with E-state index in [1.165, 1.54) is 17.4 Å². The fourth-order valence-corrected chi connectivity index (χ4v) is 3.94. The van der Waals surface area contributed by atoms with E-state index in [0.717, 1.165) is 18.7 Å². The van der Waals surface area contributed by atoms with Gasteiger partial charge in [0.25, 0.3) is 0 Å². The highest BCUT2D eigenvalue weighted by Crippen LogP contribution is 2.40. The molecule has 0 aliphatic rings. The summed E-state index contributed by atoms with van der Waals surface area (Å²) in [7, 11) is 0. The van der Waals surface area contributed by atoms with Crippen LogP contribution in [-0.4, -0.2) is 0 Å². The molecule has 0 saturated heterocycles. The van der Waals surface area contributed by atoms with Crippen molar-refractivity contribution in [2.75, 3.05) is 0 Å². The van der Waals surface area contributed by atoms with Gasteiger partial charge in [0.15, 0.2) is 0 Å². The topological polar surface area (TPSA) is 0 Å². The van der Waals surface area contributed by atoms with Gasteiger partial charge in [0.1, 0.15) is 5.82 Å². The Morgan fingerprint density at radius 2 is 1.94 bits per heavy atom. The van der Waals surface area contributed by atoms with Gasteiger partial charge in [0.2, 0.25) is 0 Å². The van der Waals surface area contributed by atoms with Crippen LogP contribution < -0.4 is 0 Å². The Kier molecular flexibility index (Phi) is 4.53. The first-order valence-corrected chi connectivity index (χ1v) is 7.74. The maximum Gasteiger partial charge on any atom is 0.141 e. The summed E-state index contributed by atoms with van der Waals surface area (Å²) in [6.07, 6.45) is 0. The lowest BCUT2D eigenvalue weighted by molar-refractivity contribution is 0.627. The molecule has 1 heterocycles. The van der Waals surface area contributed by atoms with Gasteiger partial charge in [0, 0.05) is 9.35 Å². The van der Waals surface area contributed by atoms with Gasteiger partial charge in [-0.25, -0.2) is 4.39 Å². The Bertz CT molecular complexity index is 537. The SMILES string of the molecule is Fc1ccc(C(Cl)c2cc(Br)c(Br)s2)cc1Cl. The summed E-state index contributed by atoms with van der Waals surface area (Å²) in [6.45, 7) is 0. The third-order valence-corrected chi connectivity index (χ3v) is 6.38. The zero-order valence-corrected chi connectivity index (χ0v) is 13.7. The van der Waals surface area contributed by atoms with Crippen molar-refractivity contribution in [2.24, 2.45) is 0 Å². The first kappa shape index (κ1) is 13.8. The molecular formula is C11H5Br2Cl2FS. The largest absolute Gasteiger partial charge is 0.205 e. The quantitative estimate of drug-likeness (QED) is 0.495. The van der Waals surface area contributed by atoms with E-state index in [4.69, 9.17) is 23.2 Å². The first-order chi connectivity index (χ1) is 7.99. The second-order valence-corrected chi connectivity index (χ2v) is 7.41. The Morgan fingerprint density at radius 1 is 1.24 bits per heavy atom. The van der Waals surface area contributed by atoms with Crippen LogP contribution in [0.4, 0.5) is 4.39 Å². The van der Waals surface area contributed by atoms with Crippen LogP contribution in [0.25, 0.3) is 0 Å². The highest BCUT2D eigenvalue weighted by molar-refractivity contribution is 9.13. The minimum absolute atomic E-state index is 0.0860. The van der Waals surface area contributed by atoms with Crippen molar-refractivity contribution >= 4 is 66.4 Å². The van der Waals surface area contributed by atoms with E-state index >= 15 is 0 Å². The maximum atomic E-state index is 13.0. The van der Waals surface area contributed by atoms with Crippen LogP contribution in [0, 0.1) is 5.82 Å². The standard InChI is InChI=1S/C11H5Br2Cl2FS/c12-6-4-9(17-11(6)13)10(15)5-1-2-8(16)7(14)3-5/h1-4,10H. The van der Waals surface area contributed by atoms with Crippen LogP contribution in [0.15, 0.2) is 32.5 Å². The number of alkyl halides is 1. The molecule has 0 spiro atoms. The van der Waals surface area contributed by atoms with Gasteiger partial charge < -0.3 is 0 Å². The van der Waals surface area contributed by atoms with Gasteiger partial charge in [-0.05, 0) is 55.6 Å². The molecule has 17 heavy (non-hydrogen) atoms. The molecule has 0 radical (unpaired) electrons. The monoisotopic (exact) mass is 416 g/mol. The van der Waals surface area contributed by atoms with Crippen molar-refractivity contribution in [1.29, 1.82) is 0 Å². The Hall–Kier alpha value is 0.390. The third kappa shape index (κ3) is 3.04. The second-order valence-electron chi connectivity index (χ2n) is 3.31. The normalized spacial score (nSPS) is 12.8. The van der Waals surface area contributed by atoms with Gasteiger partial charge in [0.05, 0.1) is 14.2 Å². The van der Waals surface area contributed by atoms with E-state index in [1.54, 1.807) is 12.1 Å². The average Bonchev–Trinajstić information content (AvgIpc) is 2.62. The van der Waals surface area contributed by atoms with Gasteiger partial charge in [-0.3, -0.25) is 0 Å². The molecule has 0 nitrogen and oxygen atoms in total. The van der Waals surface area contributed by atoms with E-state index in [9.17, 15) is 4.39 Å². The van der Waals surface area contributed by atoms with Crippen LogP contribution in [0.3, 0.4) is 0 Å². The van der Waals surface area contributed by atoms with E-state index in [-0.39, 0.29) is 10.4 Å². The Labute approximate surface area is 129 Å². The molecule has 0 bridgehead atoms.